The predicted octanol–water partition coefficient (Wildman–Crippen LogP) is 4.39. The van der Waals surface area contributed by atoms with Crippen molar-refractivity contribution in [3.63, 3.8) is 0 Å². The molecule has 0 unspecified atom stereocenters. The summed E-state index contributed by atoms with van der Waals surface area (Å²) < 4.78 is 32.9. The fourth-order valence-electron chi connectivity index (χ4n) is 2.45. The molecule has 0 aliphatic rings. The second-order valence-electron chi connectivity index (χ2n) is 5.49. The predicted molar refractivity (Wildman–Crippen MR) is 77.2 cm³/mol. The molecular formula is C16H21F2NO. The number of hydrogen-bond donors (Lipinski definition) is 0. The maximum atomic E-state index is 12.7. The third-order valence-electron chi connectivity index (χ3n) is 3.38. The van der Waals surface area contributed by atoms with Gasteiger partial charge in [0, 0.05) is 28.8 Å². The summed E-state index contributed by atoms with van der Waals surface area (Å²) in [4.78, 5) is 0. The van der Waals surface area contributed by atoms with Crippen LogP contribution in [0.2, 0.25) is 0 Å². The maximum Gasteiger partial charge on any atom is 0.256 e. The highest BCUT2D eigenvalue weighted by molar-refractivity contribution is 5.85. The van der Waals surface area contributed by atoms with Crippen LogP contribution in [-0.4, -0.2) is 17.6 Å². The molecule has 0 fully saturated rings. The minimum Gasteiger partial charge on any atom is -0.376 e. The van der Waals surface area contributed by atoms with E-state index in [4.69, 9.17) is 4.74 Å². The average molecular weight is 281 g/mol. The maximum absolute atomic E-state index is 12.7. The van der Waals surface area contributed by atoms with Crippen LogP contribution in [-0.2, 0) is 17.9 Å². The van der Waals surface area contributed by atoms with E-state index in [9.17, 15) is 8.78 Å². The molecule has 0 aliphatic carbocycles. The molecule has 2 nitrogen and oxygen atoms in total. The molecule has 0 aliphatic heterocycles. The molecule has 4 heteroatoms. The topological polar surface area (TPSA) is 14.2 Å². The Bertz CT molecular complexity index is 575. The summed E-state index contributed by atoms with van der Waals surface area (Å²) in [6.45, 7) is 6.95. The van der Waals surface area contributed by atoms with Crippen molar-refractivity contribution in [1.82, 2.24) is 4.57 Å². The number of nitrogens with zero attached hydrogens (tertiary/aromatic N) is 1. The normalized spacial score (nSPS) is 11.9. The van der Waals surface area contributed by atoms with Gasteiger partial charge in [0.2, 0.25) is 0 Å². The Balaban J connectivity index is 2.35. The van der Waals surface area contributed by atoms with Gasteiger partial charge < -0.3 is 9.30 Å². The van der Waals surface area contributed by atoms with E-state index in [2.05, 4.69) is 13.8 Å². The third-order valence-corrected chi connectivity index (χ3v) is 3.38. The third kappa shape index (κ3) is 3.18. The minimum atomic E-state index is -2.35. The van der Waals surface area contributed by atoms with Crippen LogP contribution in [0.25, 0.3) is 10.9 Å². The Morgan fingerprint density at radius 2 is 1.90 bits per heavy atom. The minimum absolute atomic E-state index is 0.267. The summed E-state index contributed by atoms with van der Waals surface area (Å²) in [5.74, 6) is 0.463. The van der Waals surface area contributed by atoms with Gasteiger partial charge in [0.25, 0.3) is 6.43 Å². The van der Waals surface area contributed by atoms with E-state index in [-0.39, 0.29) is 6.54 Å². The molecule has 20 heavy (non-hydrogen) atoms. The molecule has 0 saturated heterocycles. The molecule has 110 valence electrons. The summed E-state index contributed by atoms with van der Waals surface area (Å²) in [5, 5.41) is 1.01. The highest BCUT2D eigenvalue weighted by Crippen LogP contribution is 2.27. The molecule has 0 amide bonds. The molecule has 2 rings (SSSR count). The van der Waals surface area contributed by atoms with E-state index in [0.29, 0.717) is 19.1 Å². The van der Waals surface area contributed by atoms with E-state index in [1.165, 1.54) is 0 Å². The van der Waals surface area contributed by atoms with Crippen LogP contribution >= 0.6 is 0 Å². The smallest absolute Gasteiger partial charge is 0.256 e. The van der Waals surface area contributed by atoms with Gasteiger partial charge in [0.15, 0.2) is 0 Å². The molecule has 0 N–H and O–H groups in total. The fourth-order valence-corrected chi connectivity index (χ4v) is 2.45. The number of aromatic nitrogens is 1. The summed E-state index contributed by atoms with van der Waals surface area (Å²) in [7, 11) is 0. The van der Waals surface area contributed by atoms with Crippen molar-refractivity contribution < 1.29 is 13.5 Å². The second-order valence-corrected chi connectivity index (χ2v) is 5.49. The fraction of sp³-hybridized carbons (Fsp3) is 0.500. The standard InChI is InChI=1S/C16H21F2NO/c1-11(2)9-20-10-14-12(3)19(8-16(17)18)15-7-5-4-6-13(14)15/h4-7,11,16H,8-10H2,1-3H3. The molecule has 0 bridgehead atoms. The molecular weight excluding hydrogens is 260 g/mol. The van der Waals surface area contributed by atoms with Crippen LogP contribution in [0, 0.1) is 12.8 Å². The number of alkyl halides is 2. The van der Waals surface area contributed by atoms with Crippen molar-refractivity contribution in [3.8, 4) is 0 Å². The Labute approximate surface area is 118 Å². The van der Waals surface area contributed by atoms with Gasteiger partial charge in [-0.1, -0.05) is 32.0 Å². The molecule has 1 aromatic heterocycles. The van der Waals surface area contributed by atoms with E-state index in [1.807, 2.05) is 31.2 Å². The van der Waals surface area contributed by atoms with Crippen LogP contribution in [0.1, 0.15) is 25.1 Å². The Morgan fingerprint density at radius 1 is 1.20 bits per heavy atom. The Kier molecular flexibility index (Phi) is 4.76. The first-order valence-electron chi connectivity index (χ1n) is 6.93. The van der Waals surface area contributed by atoms with Crippen LogP contribution in [0.4, 0.5) is 8.78 Å². The van der Waals surface area contributed by atoms with Crippen LogP contribution in [0.15, 0.2) is 24.3 Å². The van der Waals surface area contributed by atoms with Crippen LogP contribution in [0.5, 0.6) is 0 Å². The second kappa shape index (κ2) is 6.35. The van der Waals surface area contributed by atoms with Crippen molar-refractivity contribution in [2.45, 2.75) is 40.3 Å². The van der Waals surface area contributed by atoms with Gasteiger partial charge in [-0.2, -0.15) is 0 Å². The van der Waals surface area contributed by atoms with E-state index in [0.717, 1.165) is 22.2 Å². The number of halogens is 2. The molecule has 1 heterocycles. The summed E-state index contributed by atoms with van der Waals surface area (Å²) >= 11 is 0. The number of fused-ring (bicyclic) bond motifs is 1. The molecule has 1 aromatic carbocycles. The Hall–Kier alpha value is -1.42. The largest absolute Gasteiger partial charge is 0.376 e. The first-order chi connectivity index (χ1) is 9.50. The highest BCUT2D eigenvalue weighted by Gasteiger charge is 2.16. The lowest BCUT2D eigenvalue weighted by molar-refractivity contribution is 0.0968. The summed E-state index contributed by atoms with van der Waals surface area (Å²) in [6, 6.07) is 7.66. The van der Waals surface area contributed by atoms with Crippen molar-refractivity contribution in [2.75, 3.05) is 6.61 Å². The molecule has 2 aromatic rings. The van der Waals surface area contributed by atoms with Crippen molar-refractivity contribution in [3.05, 3.63) is 35.5 Å². The lowest BCUT2D eigenvalue weighted by atomic mass is 10.1. The van der Waals surface area contributed by atoms with E-state index < -0.39 is 6.43 Å². The first-order valence-corrected chi connectivity index (χ1v) is 6.93. The van der Waals surface area contributed by atoms with Crippen LogP contribution in [0.3, 0.4) is 0 Å². The zero-order chi connectivity index (χ0) is 14.7. The van der Waals surface area contributed by atoms with Gasteiger partial charge in [-0.3, -0.25) is 0 Å². The lowest BCUT2D eigenvalue weighted by Crippen LogP contribution is -2.08. The highest BCUT2D eigenvalue weighted by atomic mass is 19.3. The lowest BCUT2D eigenvalue weighted by Gasteiger charge is -2.09. The van der Waals surface area contributed by atoms with E-state index in [1.54, 1.807) is 4.57 Å². The van der Waals surface area contributed by atoms with Crippen molar-refractivity contribution in [2.24, 2.45) is 5.92 Å². The zero-order valence-electron chi connectivity index (χ0n) is 12.2. The van der Waals surface area contributed by atoms with Crippen molar-refractivity contribution in [1.29, 1.82) is 0 Å². The molecule has 0 atom stereocenters. The van der Waals surface area contributed by atoms with Crippen LogP contribution < -0.4 is 0 Å². The SMILES string of the molecule is Cc1c(COCC(C)C)c2ccccc2n1CC(F)F. The van der Waals surface area contributed by atoms with Crippen molar-refractivity contribution >= 4 is 10.9 Å². The van der Waals surface area contributed by atoms with Gasteiger partial charge in [-0.05, 0) is 18.9 Å². The van der Waals surface area contributed by atoms with Gasteiger partial charge >= 0.3 is 0 Å². The van der Waals surface area contributed by atoms with Gasteiger partial charge in [-0.15, -0.1) is 0 Å². The summed E-state index contributed by atoms with van der Waals surface area (Å²) in [5.41, 5.74) is 2.74. The van der Waals surface area contributed by atoms with E-state index >= 15 is 0 Å². The number of benzene rings is 1. The number of hydrogen-bond acceptors (Lipinski definition) is 1. The van der Waals surface area contributed by atoms with Gasteiger partial charge in [-0.25, -0.2) is 8.78 Å². The molecule has 0 radical (unpaired) electrons. The Morgan fingerprint density at radius 3 is 2.55 bits per heavy atom. The monoisotopic (exact) mass is 281 g/mol. The first kappa shape index (κ1) is 15.0. The van der Waals surface area contributed by atoms with Gasteiger partial charge in [0.1, 0.15) is 0 Å². The van der Waals surface area contributed by atoms with Gasteiger partial charge in [0.05, 0.1) is 13.2 Å². The average Bonchev–Trinajstić information content (AvgIpc) is 2.64. The number of rotatable bonds is 6. The number of ether oxygens (including phenoxy) is 1. The molecule has 0 saturated carbocycles. The molecule has 0 spiro atoms. The zero-order valence-corrected chi connectivity index (χ0v) is 12.2. The number of para-hydroxylation sites is 1. The summed E-state index contributed by atoms with van der Waals surface area (Å²) in [6.07, 6.45) is -2.35. The quantitative estimate of drug-likeness (QED) is 0.766.